The molecule has 1 aliphatic carbocycles. The van der Waals surface area contributed by atoms with Crippen molar-refractivity contribution in [2.24, 2.45) is 17.1 Å². The Morgan fingerprint density at radius 3 is 2.67 bits per heavy atom. The number of nitrogens with zero attached hydrogens (tertiary/aromatic N) is 2. The van der Waals surface area contributed by atoms with Gasteiger partial charge in [0.15, 0.2) is 0 Å². The van der Waals surface area contributed by atoms with Crippen molar-refractivity contribution in [2.75, 3.05) is 19.6 Å². The Morgan fingerprint density at radius 1 is 1.39 bits per heavy atom. The van der Waals surface area contributed by atoms with Crippen molar-refractivity contribution >= 4 is 0 Å². The fourth-order valence-corrected chi connectivity index (χ4v) is 3.11. The maximum Gasteiger partial charge on any atom is 0.0683 e. The molecule has 2 N–H and O–H groups in total. The van der Waals surface area contributed by atoms with Gasteiger partial charge in [-0.1, -0.05) is 13.3 Å². The summed E-state index contributed by atoms with van der Waals surface area (Å²) in [7, 11) is 0. The molecule has 0 amide bonds. The third-order valence-electron chi connectivity index (χ3n) is 4.35. The normalized spacial score (nSPS) is 24.4. The maximum absolute atomic E-state index is 9.03. The van der Waals surface area contributed by atoms with Crippen LogP contribution in [0.15, 0.2) is 0 Å². The molecule has 0 aromatic rings. The van der Waals surface area contributed by atoms with E-state index in [2.05, 4.69) is 17.9 Å². The van der Waals surface area contributed by atoms with Crippen LogP contribution in [0.5, 0.6) is 0 Å². The SMILES string of the molecule is CCN(CCCC(C)(C)C#N)C1CCCC1CN. The highest BCUT2D eigenvalue weighted by atomic mass is 15.2. The van der Waals surface area contributed by atoms with Crippen molar-refractivity contribution < 1.29 is 0 Å². The predicted molar refractivity (Wildman–Crippen MR) is 76.1 cm³/mol. The van der Waals surface area contributed by atoms with Gasteiger partial charge in [0, 0.05) is 6.04 Å². The van der Waals surface area contributed by atoms with Crippen LogP contribution in [0.4, 0.5) is 0 Å². The van der Waals surface area contributed by atoms with E-state index < -0.39 is 0 Å². The van der Waals surface area contributed by atoms with Gasteiger partial charge in [0.1, 0.15) is 0 Å². The van der Waals surface area contributed by atoms with Crippen molar-refractivity contribution in [3.63, 3.8) is 0 Å². The summed E-state index contributed by atoms with van der Waals surface area (Å²) in [5.74, 6) is 0.689. The molecule has 1 fully saturated rings. The number of nitriles is 1. The first-order valence-electron chi connectivity index (χ1n) is 7.39. The first kappa shape index (κ1) is 15.5. The van der Waals surface area contributed by atoms with Gasteiger partial charge in [0.2, 0.25) is 0 Å². The lowest BCUT2D eigenvalue weighted by Crippen LogP contribution is -2.41. The molecule has 0 radical (unpaired) electrons. The Hall–Kier alpha value is -0.590. The quantitative estimate of drug-likeness (QED) is 0.757. The van der Waals surface area contributed by atoms with Crippen molar-refractivity contribution in [1.29, 1.82) is 5.26 Å². The molecule has 0 spiro atoms. The predicted octanol–water partition coefficient (Wildman–Crippen LogP) is 2.77. The summed E-state index contributed by atoms with van der Waals surface area (Å²) >= 11 is 0. The van der Waals surface area contributed by atoms with Gasteiger partial charge in [0.25, 0.3) is 0 Å². The third kappa shape index (κ3) is 4.26. The number of hydrogen-bond acceptors (Lipinski definition) is 3. The fourth-order valence-electron chi connectivity index (χ4n) is 3.11. The fraction of sp³-hybridized carbons (Fsp3) is 0.933. The van der Waals surface area contributed by atoms with Crippen LogP contribution in [0, 0.1) is 22.7 Å². The second kappa shape index (κ2) is 7.11. The Labute approximate surface area is 112 Å². The Morgan fingerprint density at radius 2 is 2.11 bits per heavy atom. The molecule has 0 bridgehead atoms. The zero-order chi connectivity index (χ0) is 13.6. The van der Waals surface area contributed by atoms with Gasteiger partial charge in [0.05, 0.1) is 11.5 Å². The van der Waals surface area contributed by atoms with E-state index in [4.69, 9.17) is 11.0 Å². The zero-order valence-corrected chi connectivity index (χ0v) is 12.3. The molecule has 0 aliphatic heterocycles. The van der Waals surface area contributed by atoms with Crippen LogP contribution in [-0.2, 0) is 0 Å². The second-order valence-electron chi connectivity index (χ2n) is 6.22. The monoisotopic (exact) mass is 251 g/mol. The number of nitrogens with two attached hydrogens (primary N) is 1. The lowest BCUT2D eigenvalue weighted by atomic mass is 9.89. The molecular formula is C15H29N3. The van der Waals surface area contributed by atoms with Crippen LogP contribution in [0.25, 0.3) is 0 Å². The Balaban J connectivity index is 2.40. The molecule has 3 nitrogen and oxygen atoms in total. The summed E-state index contributed by atoms with van der Waals surface area (Å²) in [6.07, 6.45) is 6.02. The first-order valence-corrected chi connectivity index (χ1v) is 7.39. The average Bonchev–Trinajstić information content (AvgIpc) is 2.82. The van der Waals surface area contributed by atoms with Crippen LogP contribution in [0.3, 0.4) is 0 Å². The van der Waals surface area contributed by atoms with Crippen LogP contribution >= 0.6 is 0 Å². The van der Waals surface area contributed by atoms with E-state index in [9.17, 15) is 0 Å². The molecule has 2 unspecified atom stereocenters. The molecule has 2 atom stereocenters. The first-order chi connectivity index (χ1) is 8.54. The Bertz CT molecular complexity index is 280. The van der Waals surface area contributed by atoms with E-state index in [0.717, 1.165) is 32.5 Å². The minimum absolute atomic E-state index is 0.178. The molecule has 1 saturated carbocycles. The molecule has 1 rings (SSSR count). The largest absolute Gasteiger partial charge is 0.330 e. The van der Waals surface area contributed by atoms with Gasteiger partial charge in [-0.05, 0) is 65.1 Å². The van der Waals surface area contributed by atoms with Crippen LogP contribution in [0.2, 0.25) is 0 Å². The van der Waals surface area contributed by atoms with Crippen molar-refractivity contribution in [2.45, 2.75) is 58.9 Å². The summed E-state index contributed by atoms with van der Waals surface area (Å²) in [5, 5.41) is 9.03. The van der Waals surface area contributed by atoms with Gasteiger partial charge >= 0.3 is 0 Å². The van der Waals surface area contributed by atoms with Gasteiger partial charge in [-0.3, -0.25) is 0 Å². The maximum atomic E-state index is 9.03. The molecule has 0 aromatic heterocycles. The zero-order valence-electron chi connectivity index (χ0n) is 12.3. The van der Waals surface area contributed by atoms with E-state index >= 15 is 0 Å². The van der Waals surface area contributed by atoms with Crippen LogP contribution in [0.1, 0.15) is 52.9 Å². The molecule has 0 aromatic carbocycles. The minimum atomic E-state index is -0.178. The summed E-state index contributed by atoms with van der Waals surface area (Å²) in [6.45, 7) is 9.34. The molecule has 1 aliphatic rings. The molecular weight excluding hydrogens is 222 g/mol. The molecule has 18 heavy (non-hydrogen) atoms. The lowest BCUT2D eigenvalue weighted by Gasteiger charge is -2.32. The third-order valence-corrected chi connectivity index (χ3v) is 4.35. The summed E-state index contributed by atoms with van der Waals surface area (Å²) < 4.78 is 0. The van der Waals surface area contributed by atoms with E-state index in [-0.39, 0.29) is 5.41 Å². The van der Waals surface area contributed by atoms with E-state index in [0.29, 0.717) is 12.0 Å². The van der Waals surface area contributed by atoms with Crippen LogP contribution < -0.4 is 5.73 Å². The standard InChI is InChI=1S/C15H29N3/c1-4-18(10-6-9-15(2,3)12-17)14-8-5-7-13(14)11-16/h13-14H,4-11,16H2,1-3H3. The topological polar surface area (TPSA) is 53.0 Å². The second-order valence-corrected chi connectivity index (χ2v) is 6.22. The molecule has 3 heteroatoms. The van der Waals surface area contributed by atoms with Crippen LogP contribution in [-0.4, -0.2) is 30.6 Å². The highest BCUT2D eigenvalue weighted by Crippen LogP contribution is 2.30. The van der Waals surface area contributed by atoms with Crippen molar-refractivity contribution in [3.8, 4) is 6.07 Å². The van der Waals surface area contributed by atoms with Crippen molar-refractivity contribution in [3.05, 3.63) is 0 Å². The van der Waals surface area contributed by atoms with E-state index in [1.54, 1.807) is 0 Å². The molecule has 0 heterocycles. The lowest BCUT2D eigenvalue weighted by molar-refractivity contribution is 0.163. The molecule has 0 saturated heterocycles. The number of hydrogen-bond donors (Lipinski definition) is 1. The highest BCUT2D eigenvalue weighted by Gasteiger charge is 2.30. The summed E-state index contributed by atoms with van der Waals surface area (Å²) in [4.78, 5) is 2.58. The highest BCUT2D eigenvalue weighted by molar-refractivity contribution is 4.92. The number of rotatable bonds is 7. The van der Waals surface area contributed by atoms with Gasteiger partial charge < -0.3 is 10.6 Å². The smallest absolute Gasteiger partial charge is 0.0683 e. The van der Waals surface area contributed by atoms with E-state index in [1.807, 2.05) is 13.8 Å². The van der Waals surface area contributed by atoms with E-state index in [1.165, 1.54) is 19.3 Å². The Kier molecular flexibility index (Phi) is 6.11. The van der Waals surface area contributed by atoms with Gasteiger partial charge in [-0.2, -0.15) is 5.26 Å². The molecule has 104 valence electrons. The van der Waals surface area contributed by atoms with Gasteiger partial charge in [-0.25, -0.2) is 0 Å². The summed E-state index contributed by atoms with van der Waals surface area (Å²) in [6, 6.07) is 3.07. The summed E-state index contributed by atoms with van der Waals surface area (Å²) in [5.41, 5.74) is 5.69. The van der Waals surface area contributed by atoms with Gasteiger partial charge in [-0.15, -0.1) is 0 Å². The average molecular weight is 251 g/mol. The van der Waals surface area contributed by atoms with Crippen molar-refractivity contribution in [1.82, 2.24) is 4.90 Å². The minimum Gasteiger partial charge on any atom is -0.330 e.